The molecular formula is C13H19F2O. The lowest BCUT2D eigenvalue weighted by Gasteiger charge is -2.25. The first-order valence-electron chi connectivity index (χ1n) is 5.93. The molecule has 0 bridgehead atoms. The van der Waals surface area contributed by atoms with E-state index in [1.165, 1.54) is 25.0 Å². The number of ether oxygens (including phenoxy) is 1. The van der Waals surface area contributed by atoms with Crippen LogP contribution >= 0.6 is 0 Å². The second-order valence-corrected chi connectivity index (χ2v) is 4.02. The molecule has 1 aliphatic carbocycles. The fourth-order valence-corrected chi connectivity index (χ4v) is 1.57. The molecule has 1 aliphatic rings. The maximum absolute atomic E-state index is 13.8. The molecule has 0 amide bonds. The van der Waals surface area contributed by atoms with Crippen LogP contribution in [-0.2, 0) is 4.74 Å². The molecule has 16 heavy (non-hydrogen) atoms. The Morgan fingerprint density at radius 1 is 1.31 bits per heavy atom. The molecule has 0 fully saturated rings. The lowest BCUT2D eigenvalue weighted by atomic mass is 10.1. The van der Waals surface area contributed by atoms with Crippen molar-refractivity contribution in [2.75, 3.05) is 6.61 Å². The molecule has 91 valence electrons. The first kappa shape index (κ1) is 13.4. The lowest BCUT2D eigenvalue weighted by Crippen LogP contribution is -2.36. The number of unbranched alkanes of at least 4 members (excludes halogenated alkanes) is 4. The van der Waals surface area contributed by atoms with Crippen LogP contribution in [0.2, 0.25) is 0 Å². The van der Waals surface area contributed by atoms with Crippen molar-refractivity contribution in [2.24, 2.45) is 0 Å². The van der Waals surface area contributed by atoms with Crippen LogP contribution in [0.25, 0.3) is 0 Å². The maximum atomic E-state index is 13.8. The van der Waals surface area contributed by atoms with E-state index in [0.717, 1.165) is 25.3 Å². The topological polar surface area (TPSA) is 9.23 Å². The fourth-order valence-electron chi connectivity index (χ4n) is 1.57. The summed E-state index contributed by atoms with van der Waals surface area (Å²) in [4.78, 5) is 0. The van der Waals surface area contributed by atoms with Gasteiger partial charge in [0.15, 0.2) is 6.17 Å². The monoisotopic (exact) mass is 229 g/mol. The molecule has 0 heterocycles. The van der Waals surface area contributed by atoms with Crippen LogP contribution in [0.3, 0.4) is 0 Å². The third kappa shape index (κ3) is 4.05. The van der Waals surface area contributed by atoms with E-state index < -0.39 is 12.0 Å². The van der Waals surface area contributed by atoms with Gasteiger partial charge in [-0.1, -0.05) is 44.8 Å². The molecule has 2 unspecified atom stereocenters. The molecule has 3 heteroatoms. The predicted molar refractivity (Wildman–Crippen MR) is 60.4 cm³/mol. The highest BCUT2D eigenvalue weighted by atomic mass is 19.2. The van der Waals surface area contributed by atoms with Crippen molar-refractivity contribution in [2.45, 2.75) is 51.1 Å². The second kappa shape index (κ2) is 6.79. The van der Waals surface area contributed by atoms with Gasteiger partial charge in [0, 0.05) is 0 Å². The van der Waals surface area contributed by atoms with Crippen molar-refractivity contribution < 1.29 is 13.5 Å². The molecule has 0 aliphatic heterocycles. The Morgan fingerprint density at radius 3 is 2.75 bits per heavy atom. The van der Waals surface area contributed by atoms with E-state index in [2.05, 4.69) is 13.0 Å². The molecule has 0 N–H and O–H groups in total. The molecule has 0 aromatic carbocycles. The first-order valence-corrected chi connectivity index (χ1v) is 5.93. The number of allylic oxidation sites excluding steroid dienone is 2. The van der Waals surface area contributed by atoms with Crippen molar-refractivity contribution in [3.63, 3.8) is 0 Å². The van der Waals surface area contributed by atoms with E-state index in [9.17, 15) is 8.78 Å². The van der Waals surface area contributed by atoms with Crippen molar-refractivity contribution >= 4 is 0 Å². The quantitative estimate of drug-likeness (QED) is 0.601. The highest BCUT2D eigenvalue weighted by molar-refractivity contribution is 5.16. The van der Waals surface area contributed by atoms with E-state index >= 15 is 0 Å². The average Bonchev–Trinajstić information content (AvgIpc) is 2.28. The van der Waals surface area contributed by atoms with Gasteiger partial charge in [-0.3, -0.25) is 0 Å². The molecule has 1 radical (unpaired) electrons. The highest BCUT2D eigenvalue weighted by Gasteiger charge is 2.38. The number of hydrogen-bond donors (Lipinski definition) is 0. The minimum Gasteiger partial charge on any atom is -0.340 e. The molecule has 0 aromatic heterocycles. The molecule has 0 spiro atoms. The third-order valence-electron chi connectivity index (χ3n) is 2.58. The van der Waals surface area contributed by atoms with Gasteiger partial charge in [-0.25, -0.2) is 8.78 Å². The van der Waals surface area contributed by atoms with Gasteiger partial charge in [0.25, 0.3) is 5.85 Å². The summed E-state index contributed by atoms with van der Waals surface area (Å²) >= 11 is 0. The number of halogens is 2. The molecule has 2 atom stereocenters. The zero-order valence-corrected chi connectivity index (χ0v) is 9.72. The Kier molecular flexibility index (Phi) is 5.67. The van der Waals surface area contributed by atoms with Crippen LogP contribution in [0.5, 0.6) is 0 Å². The fraction of sp³-hybridized carbons (Fsp3) is 0.692. The van der Waals surface area contributed by atoms with Crippen LogP contribution in [-0.4, -0.2) is 18.6 Å². The van der Waals surface area contributed by atoms with Gasteiger partial charge in [0.1, 0.15) is 0 Å². The Balaban J connectivity index is 2.16. The van der Waals surface area contributed by atoms with Crippen LogP contribution in [0.4, 0.5) is 8.78 Å². The standard InChI is InChI=1S/C13H19F2O/c1-2-3-4-5-8-11-16-13(15)10-7-6-9-12(13)14/h6-7,10,12H,2-5,8,11H2,1H3. The highest BCUT2D eigenvalue weighted by Crippen LogP contribution is 2.27. The molecule has 1 rings (SSSR count). The van der Waals surface area contributed by atoms with E-state index in [0.29, 0.717) is 0 Å². The Morgan fingerprint density at radius 2 is 2.06 bits per heavy atom. The number of hydrogen-bond acceptors (Lipinski definition) is 1. The van der Waals surface area contributed by atoms with Gasteiger partial charge in [-0.2, -0.15) is 0 Å². The third-order valence-corrected chi connectivity index (χ3v) is 2.58. The van der Waals surface area contributed by atoms with E-state index in [4.69, 9.17) is 4.74 Å². The molecular weight excluding hydrogens is 210 g/mol. The van der Waals surface area contributed by atoms with Gasteiger partial charge in [0.05, 0.1) is 6.61 Å². The van der Waals surface area contributed by atoms with Crippen molar-refractivity contribution in [3.05, 3.63) is 24.3 Å². The summed E-state index contributed by atoms with van der Waals surface area (Å²) < 4.78 is 31.9. The normalized spacial score (nSPS) is 28.6. The number of alkyl halides is 2. The van der Waals surface area contributed by atoms with Gasteiger partial charge in [0.2, 0.25) is 0 Å². The van der Waals surface area contributed by atoms with Gasteiger partial charge in [-0.15, -0.1) is 0 Å². The first-order chi connectivity index (χ1) is 7.69. The summed E-state index contributed by atoms with van der Waals surface area (Å²) in [5, 5.41) is 0. The van der Waals surface area contributed by atoms with Crippen molar-refractivity contribution in [1.29, 1.82) is 0 Å². The largest absolute Gasteiger partial charge is 0.340 e. The molecule has 0 aromatic rings. The van der Waals surface area contributed by atoms with Crippen LogP contribution in [0.1, 0.15) is 39.0 Å². The van der Waals surface area contributed by atoms with E-state index in [1.54, 1.807) is 0 Å². The van der Waals surface area contributed by atoms with Crippen LogP contribution in [0.15, 0.2) is 18.2 Å². The zero-order valence-electron chi connectivity index (χ0n) is 9.72. The SMILES string of the molecule is CCCCCCCOC1(F)C=CC=[C]C1F. The van der Waals surface area contributed by atoms with Crippen LogP contribution in [0, 0.1) is 6.08 Å². The van der Waals surface area contributed by atoms with Crippen molar-refractivity contribution in [3.8, 4) is 0 Å². The summed E-state index contributed by atoms with van der Waals surface area (Å²) in [6.07, 6.45) is 9.60. The minimum absolute atomic E-state index is 0.257. The van der Waals surface area contributed by atoms with Gasteiger partial charge >= 0.3 is 0 Å². The minimum atomic E-state index is -2.31. The summed E-state index contributed by atoms with van der Waals surface area (Å²) in [7, 11) is 0. The Hall–Kier alpha value is -0.700. The van der Waals surface area contributed by atoms with Gasteiger partial charge in [-0.05, 0) is 18.6 Å². The van der Waals surface area contributed by atoms with Crippen molar-refractivity contribution in [1.82, 2.24) is 0 Å². The predicted octanol–water partition coefficient (Wildman–Crippen LogP) is 3.91. The molecule has 1 nitrogen and oxygen atoms in total. The molecule has 0 saturated heterocycles. The number of rotatable bonds is 7. The zero-order chi connectivity index (χ0) is 11.9. The van der Waals surface area contributed by atoms with Gasteiger partial charge < -0.3 is 4.74 Å². The molecule has 0 saturated carbocycles. The summed E-state index contributed by atoms with van der Waals surface area (Å²) in [5.41, 5.74) is 0. The Bertz CT molecular complexity index is 250. The Labute approximate surface area is 96.2 Å². The average molecular weight is 229 g/mol. The second-order valence-electron chi connectivity index (χ2n) is 4.02. The smallest absolute Gasteiger partial charge is 0.264 e. The van der Waals surface area contributed by atoms with E-state index in [-0.39, 0.29) is 6.61 Å². The lowest BCUT2D eigenvalue weighted by molar-refractivity contribution is -0.143. The maximum Gasteiger partial charge on any atom is 0.264 e. The summed E-state index contributed by atoms with van der Waals surface area (Å²) in [5.74, 6) is -2.31. The van der Waals surface area contributed by atoms with E-state index in [1.807, 2.05) is 0 Å². The summed E-state index contributed by atoms with van der Waals surface area (Å²) in [6.45, 7) is 2.39. The van der Waals surface area contributed by atoms with Crippen LogP contribution < -0.4 is 0 Å². The summed E-state index contributed by atoms with van der Waals surface area (Å²) in [6, 6.07) is 0.